The third-order valence-electron chi connectivity index (χ3n) is 2.27. The smallest absolute Gasteiger partial charge is 0.172 e. The van der Waals surface area contributed by atoms with E-state index >= 15 is 0 Å². The summed E-state index contributed by atoms with van der Waals surface area (Å²) in [4.78, 5) is 4.25. The maximum atomic E-state index is 6.19. The number of hydrogen-bond donors (Lipinski definition) is 0. The summed E-state index contributed by atoms with van der Waals surface area (Å²) in [6.45, 7) is 9.90. The Bertz CT molecular complexity index is 503. The van der Waals surface area contributed by atoms with Crippen LogP contribution in [0.4, 0.5) is 0 Å². The highest BCUT2D eigenvalue weighted by molar-refractivity contribution is 6.32. The van der Waals surface area contributed by atoms with E-state index in [1.807, 2.05) is 46.8 Å². The van der Waals surface area contributed by atoms with Gasteiger partial charge >= 0.3 is 0 Å². The van der Waals surface area contributed by atoms with Crippen LogP contribution in [0, 0.1) is 20.8 Å². The van der Waals surface area contributed by atoms with E-state index in [9.17, 15) is 0 Å². The van der Waals surface area contributed by atoms with Crippen LogP contribution in [-0.2, 0) is 0 Å². The van der Waals surface area contributed by atoms with E-state index in [1.54, 1.807) is 10.9 Å². The van der Waals surface area contributed by atoms with Crippen LogP contribution >= 0.6 is 11.6 Å². The minimum absolute atomic E-state index is 0.656. The van der Waals surface area contributed by atoms with E-state index < -0.39 is 0 Å². The van der Waals surface area contributed by atoms with Crippen molar-refractivity contribution >= 4 is 11.6 Å². The summed E-state index contributed by atoms with van der Waals surface area (Å²) in [6.07, 6.45) is 1.74. The zero-order valence-corrected chi connectivity index (χ0v) is 11.7. The largest absolute Gasteiger partial charge is 0.236 e. The van der Waals surface area contributed by atoms with Crippen LogP contribution in [-0.4, -0.2) is 14.8 Å². The Morgan fingerprint density at radius 3 is 2.35 bits per heavy atom. The molecular formula is C13H18ClN3. The molecule has 0 unspecified atom stereocenters. The molecule has 0 spiro atoms. The minimum atomic E-state index is 0.656. The zero-order chi connectivity index (χ0) is 13.0. The molecule has 2 rings (SSSR count). The summed E-state index contributed by atoms with van der Waals surface area (Å²) >= 11 is 6.19. The van der Waals surface area contributed by atoms with E-state index in [0.717, 1.165) is 17.0 Å². The molecule has 17 heavy (non-hydrogen) atoms. The summed E-state index contributed by atoms with van der Waals surface area (Å²) in [5, 5.41) is 5.01. The summed E-state index contributed by atoms with van der Waals surface area (Å²) in [6, 6.07) is 3.89. The lowest BCUT2D eigenvalue weighted by atomic mass is 10.3. The molecule has 92 valence electrons. The summed E-state index contributed by atoms with van der Waals surface area (Å²) in [5.41, 5.74) is 3.01. The number of pyridine rings is 1. The van der Waals surface area contributed by atoms with E-state index in [2.05, 4.69) is 10.1 Å². The molecule has 2 aromatic heterocycles. The molecule has 0 atom stereocenters. The number of aryl methyl sites for hydroxylation is 3. The lowest BCUT2D eigenvalue weighted by molar-refractivity contribution is 0.805. The van der Waals surface area contributed by atoms with E-state index in [4.69, 9.17) is 11.6 Å². The first-order valence-electron chi connectivity index (χ1n) is 5.74. The third-order valence-corrected chi connectivity index (χ3v) is 2.74. The van der Waals surface area contributed by atoms with Crippen LogP contribution in [0.2, 0.25) is 5.02 Å². The van der Waals surface area contributed by atoms with E-state index in [0.29, 0.717) is 10.8 Å². The van der Waals surface area contributed by atoms with Gasteiger partial charge < -0.3 is 0 Å². The van der Waals surface area contributed by atoms with Crippen LogP contribution in [0.3, 0.4) is 0 Å². The van der Waals surface area contributed by atoms with Gasteiger partial charge in [0.1, 0.15) is 0 Å². The van der Waals surface area contributed by atoms with Gasteiger partial charge in [0.05, 0.1) is 10.7 Å². The minimum Gasteiger partial charge on any atom is -0.236 e. The Morgan fingerprint density at radius 1 is 1.18 bits per heavy atom. The Balaban J connectivity index is 0.000000686. The molecule has 0 aliphatic heterocycles. The number of halogens is 1. The summed E-state index contributed by atoms with van der Waals surface area (Å²) in [5.74, 6) is 0.697. The highest BCUT2D eigenvalue weighted by Gasteiger charge is 2.10. The molecule has 0 amide bonds. The first-order valence-corrected chi connectivity index (χ1v) is 6.12. The van der Waals surface area contributed by atoms with Gasteiger partial charge in [-0.3, -0.25) is 0 Å². The van der Waals surface area contributed by atoms with Crippen LogP contribution < -0.4 is 0 Å². The predicted molar refractivity (Wildman–Crippen MR) is 71.9 cm³/mol. The standard InChI is InChI=1S/C11H12ClN3.C2H6/c1-7-4-5-13-11(10(7)12)15-9(3)6-8(2)14-15;1-2/h4-6H,1-3H3;1-2H3. The number of nitrogens with zero attached hydrogens (tertiary/aromatic N) is 3. The number of rotatable bonds is 1. The molecule has 0 saturated heterocycles. The molecule has 2 aromatic rings. The molecule has 3 nitrogen and oxygen atoms in total. The quantitative estimate of drug-likeness (QED) is 0.770. The maximum absolute atomic E-state index is 6.19. The molecule has 0 bridgehead atoms. The van der Waals surface area contributed by atoms with Gasteiger partial charge in [-0.2, -0.15) is 5.10 Å². The van der Waals surface area contributed by atoms with Gasteiger partial charge in [0.15, 0.2) is 5.82 Å². The SMILES string of the molecule is CC.Cc1cc(C)n(-c2nccc(C)c2Cl)n1. The number of aromatic nitrogens is 3. The average molecular weight is 252 g/mol. The average Bonchev–Trinajstić information content (AvgIpc) is 2.65. The number of hydrogen-bond acceptors (Lipinski definition) is 2. The van der Waals surface area contributed by atoms with Crippen molar-refractivity contribution in [2.24, 2.45) is 0 Å². The second kappa shape index (κ2) is 5.82. The first kappa shape index (κ1) is 13.7. The molecule has 0 aliphatic rings. The Morgan fingerprint density at radius 2 is 1.82 bits per heavy atom. The zero-order valence-electron chi connectivity index (χ0n) is 11.0. The van der Waals surface area contributed by atoms with Gasteiger partial charge in [-0.1, -0.05) is 25.4 Å². The summed E-state index contributed by atoms with van der Waals surface area (Å²) in [7, 11) is 0. The van der Waals surface area contributed by atoms with Gasteiger partial charge in [-0.25, -0.2) is 9.67 Å². The van der Waals surface area contributed by atoms with Gasteiger partial charge in [0, 0.05) is 11.9 Å². The van der Waals surface area contributed by atoms with Crippen molar-refractivity contribution in [2.75, 3.05) is 0 Å². The van der Waals surface area contributed by atoms with Crippen molar-refractivity contribution in [2.45, 2.75) is 34.6 Å². The normalized spacial score (nSPS) is 9.76. The Hall–Kier alpha value is -1.35. The van der Waals surface area contributed by atoms with Crippen molar-refractivity contribution in [3.05, 3.63) is 40.3 Å². The Labute approximate surface area is 107 Å². The van der Waals surface area contributed by atoms with E-state index in [-0.39, 0.29) is 0 Å². The van der Waals surface area contributed by atoms with Crippen LogP contribution in [0.1, 0.15) is 30.8 Å². The second-order valence-electron chi connectivity index (χ2n) is 3.60. The molecule has 0 aliphatic carbocycles. The fourth-order valence-electron chi connectivity index (χ4n) is 1.52. The fraction of sp³-hybridized carbons (Fsp3) is 0.385. The molecule has 4 heteroatoms. The second-order valence-corrected chi connectivity index (χ2v) is 3.98. The third kappa shape index (κ3) is 2.86. The van der Waals surface area contributed by atoms with Gasteiger partial charge in [-0.15, -0.1) is 0 Å². The molecule has 0 N–H and O–H groups in total. The van der Waals surface area contributed by atoms with Crippen LogP contribution in [0.15, 0.2) is 18.3 Å². The summed E-state index contributed by atoms with van der Waals surface area (Å²) < 4.78 is 1.77. The molecule has 0 fully saturated rings. The fourth-order valence-corrected chi connectivity index (χ4v) is 1.71. The highest BCUT2D eigenvalue weighted by Crippen LogP contribution is 2.22. The predicted octanol–water partition coefficient (Wildman–Crippen LogP) is 3.87. The van der Waals surface area contributed by atoms with Gasteiger partial charge in [0.25, 0.3) is 0 Å². The molecule has 0 aromatic carbocycles. The van der Waals surface area contributed by atoms with Crippen LogP contribution in [0.5, 0.6) is 0 Å². The van der Waals surface area contributed by atoms with E-state index in [1.165, 1.54) is 0 Å². The molecular weight excluding hydrogens is 234 g/mol. The van der Waals surface area contributed by atoms with Crippen molar-refractivity contribution in [3.63, 3.8) is 0 Å². The first-order chi connectivity index (χ1) is 8.09. The lowest BCUT2D eigenvalue weighted by Crippen LogP contribution is -2.03. The highest BCUT2D eigenvalue weighted by atomic mass is 35.5. The monoisotopic (exact) mass is 251 g/mol. The van der Waals surface area contributed by atoms with Crippen molar-refractivity contribution in [3.8, 4) is 5.82 Å². The lowest BCUT2D eigenvalue weighted by Gasteiger charge is -2.06. The molecule has 2 heterocycles. The Kier molecular flexibility index (Phi) is 4.70. The van der Waals surface area contributed by atoms with Gasteiger partial charge in [0.2, 0.25) is 0 Å². The van der Waals surface area contributed by atoms with Crippen molar-refractivity contribution in [1.82, 2.24) is 14.8 Å². The van der Waals surface area contributed by atoms with Crippen molar-refractivity contribution < 1.29 is 0 Å². The maximum Gasteiger partial charge on any atom is 0.172 e. The van der Waals surface area contributed by atoms with Crippen LogP contribution in [0.25, 0.3) is 5.82 Å². The van der Waals surface area contributed by atoms with Crippen molar-refractivity contribution in [1.29, 1.82) is 0 Å². The molecule has 0 radical (unpaired) electrons. The topological polar surface area (TPSA) is 30.7 Å². The molecule has 0 saturated carbocycles. The van der Waals surface area contributed by atoms with Gasteiger partial charge in [-0.05, 0) is 38.5 Å².